The summed E-state index contributed by atoms with van der Waals surface area (Å²) in [6.07, 6.45) is 0. The predicted molar refractivity (Wildman–Crippen MR) is 123 cm³/mol. The Kier molecular flexibility index (Phi) is 4.67. The molecule has 6 heteroatoms. The van der Waals surface area contributed by atoms with Gasteiger partial charge in [0.2, 0.25) is 5.76 Å². The Morgan fingerprint density at radius 1 is 0.968 bits per heavy atom. The average Bonchev–Trinajstić information content (AvgIpc) is 3.07. The Labute approximate surface area is 187 Å². The zero-order chi connectivity index (χ0) is 21.7. The van der Waals surface area contributed by atoms with E-state index >= 15 is 0 Å². The van der Waals surface area contributed by atoms with Crippen molar-refractivity contribution in [1.29, 1.82) is 0 Å². The first kappa shape index (κ1) is 19.6. The van der Waals surface area contributed by atoms with Crippen molar-refractivity contribution in [2.45, 2.75) is 13.0 Å². The molecule has 0 bridgehead atoms. The van der Waals surface area contributed by atoms with Crippen LogP contribution in [0, 0.1) is 6.92 Å². The lowest BCUT2D eigenvalue weighted by atomic mass is 9.97. The molecule has 0 spiro atoms. The molecule has 1 aliphatic rings. The number of fused-ring (bicyclic) bond motifs is 2. The second-order valence-corrected chi connectivity index (χ2v) is 8.42. The van der Waals surface area contributed by atoms with Crippen molar-refractivity contribution in [1.82, 2.24) is 0 Å². The third-order valence-corrected chi connectivity index (χ3v) is 6.07. The number of ether oxygens (including phenoxy) is 1. The van der Waals surface area contributed by atoms with Gasteiger partial charge in [0.05, 0.1) is 24.1 Å². The van der Waals surface area contributed by atoms with Gasteiger partial charge in [-0.1, -0.05) is 45.8 Å². The fourth-order valence-corrected chi connectivity index (χ4v) is 4.38. The molecule has 1 unspecified atom stereocenters. The van der Waals surface area contributed by atoms with Gasteiger partial charge < -0.3 is 9.15 Å². The number of carbonyl (C=O) groups is 1. The van der Waals surface area contributed by atoms with Gasteiger partial charge >= 0.3 is 0 Å². The number of hydrogen-bond acceptors (Lipinski definition) is 4. The third-order valence-electron chi connectivity index (χ3n) is 5.58. The number of aryl methyl sites for hydroxylation is 1. The second kappa shape index (κ2) is 7.39. The quantitative estimate of drug-likeness (QED) is 0.385. The van der Waals surface area contributed by atoms with Gasteiger partial charge in [-0.2, -0.15) is 0 Å². The predicted octanol–water partition coefficient (Wildman–Crippen LogP) is 5.62. The van der Waals surface area contributed by atoms with Crippen LogP contribution in [0.25, 0.3) is 11.0 Å². The van der Waals surface area contributed by atoms with Crippen LogP contribution in [-0.4, -0.2) is 13.0 Å². The van der Waals surface area contributed by atoms with Crippen LogP contribution in [0.5, 0.6) is 5.75 Å². The van der Waals surface area contributed by atoms with Crippen molar-refractivity contribution in [3.63, 3.8) is 0 Å². The fourth-order valence-electron chi connectivity index (χ4n) is 4.02. The standard InChI is InChI=1S/C25H18BrNO4/c1-14-3-5-15(6-4-14)22-21-23(28)19-13-16(26)7-12-20(19)31-24(21)25(29)27(22)17-8-10-18(30-2)11-9-17/h3-13,22H,1-2H3. The maximum absolute atomic E-state index is 13.6. The van der Waals surface area contributed by atoms with Crippen LogP contribution in [-0.2, 0) is 0 Å². The molecule has 0 saturated carbocycles. The lowest BCUT2D eigenvalue weighted by Crippen LogP contribution is -2.29. The highest BCUT2D eigenvalue weighted by atomic mass is 79.9. The number of hydrogen-bond donors (Lipinski definition) is 0. The van der Waals surface area contributed by atoms with Gasteiger partial charge in [-0.3, -0.25) is 14.5 Å². The summed E-state index contributed by atoms with van der Waals surface area (Å²) < 4.78 is 12.0. The maximum atomic E-state index is 13.6. The Bertz CT molecular complexity index is 1370. The fraction of sp³-hybridized carbons (Fsp3) is 0.120. The molecular weight excluding hydrogens is 458 g/mol. The van der Waals surface area contributed by atoms with Gasteiger partial charge in [-0.05, 0) is 55.0 Å². The molecule has 31 heavy (non-hydrogen) atoms. The Morgan fingerprint density at radius 2 is 1.68 bits per heavy atom. The van der Waals surface area contributed by atoms with Crippen LogP contribution < -0.4 is 15.1 Å². The van der Waals surface area contributed by atoms with E-state index in [1.165, 1.54) is 0 Å². The van der Waals surface area contributed by atoms with E-state index in [0.29, 0.717) is 28.0 Å². The molecule has 2 heterocycles. The first-order valence-corrected chi connectivity index (χ1v) is 10.6. The molecule has 0 radical (unpaired) electrons. The molecule has 1 aliphatic heterocycles. The molecular formula is C25H18BrNO4. The van der Waals surface area contributed by atoms with Crippen molar-refractivity contribution < 1.29 is 13.9 Å². The van der Waals surface area contributed by atoms with Crippen molar-refractivity contribution in [3.05, 3.63) is 104 Å². The first-order valence-electron chi connectivity index (χ1n) is 9.78. The van der Waals surface area contributed by atoms with Gasteiger partial charge in [-0.25, -0.2) is 0 Å². The Hall–Kier alpha value is -3.38. The van der Waals surface area contributed by atoms with Crippen LogP contribution in [0.15, 0.2) is 80.4 Å². The first-order chi connectivity index (χ1) is 15.0. The minimum Gasteiger partial charge on any atom is -0.497 e. The molecule has 0 saturated heterocycles. The van der Waals surface area contributed by atoms with Gasteiger partial charge in [0.25, 0.3) is 5.91 Å². The SMILES string of the molecule is COc1ccc(N2C(=O)c3oc4ccc(Br)cc4c(=O)c3C2c2ccc(C)cc2)cc1. The van der Waals surface area contributed by atoms with Crippen molar-refractivity contribution >= 4 is 38.5 Å². The smallest absolute Gasteiger partial charge is 0.295 e. The molecule has 0 fully saturated rings. The average molecular weight is 476 g/mol. The number of methoxy groups -OCH3 is 1. The topological polar surface area (TPSA) is 59.8 Å². The highest BCUT2D eigenvalue weighted by molar-refractivity contribution is 9.10. The zero-order valence-electron chi connectivity index (χ0n) is 16.9. The summed E-state index contributed by atoms with van der Waals surface area (Å²) in [5.41, 5.74) is 3.14. The monoisotopic (exact) mass is 475 g/mol. The Balaban J connectivity index is 1.78. The maximum Gasteiger partial charge on any atom is 0.295 e. The van der Waals surface area contributed by atoms with E-state index in [9.17, 15) is 9.59 Å². The summed E-state index contributed by atoms with van der Waals surface area (Å²) in [6.45, 7) is 2.00. The van der Waals surface area contributed by atoms with Crippen molar-refractivity contribution in [3.8, 4) is 5.75 Å². The van der Waals surface area contributed by atoms with E-state index in [4.69, 9.17) is 9.15 Å². The van der Waals surface area contributed by atoms with Crippen LogP contribution in [0.1, 0.15) is 33.3 Å². The number of anilines is 1. The molecule has 0 N–H and O–H groups in total. The van der Waals surface area contributed by atoms with E-state index in [1.807, 2.05) is 43.3 Å². The van der Waals surface area contributed by atoms with Crippen LogP contribution in [0.4, 0.5) is 5.69 Å². The van der Waals surface area contributed by atoms with Gasteiger partial charge in [0, 0.05) is 10.2 Å². The van der Waals surface area contributed by atoms with E-state index in [-0.39, 0.29) is 17.1 Å². The molecule has 1 atom stereocenters. The number of amides is 1. The summed E-state index contributed by atoms with van der Waals surface area (Å²) in [5.74, 6) is 0.429. The zero-order valence-corrected chi connectivity index (χ0v) is 18.5. The molecule has 4 aromatic rings. The summed E-state index contributed by atoms with van der Waals surface area (Å²) in [4.78, 5) is 28.7. The van der Waals surface area contributed by atoms with E-state index in [2.05, 4.69) is 15.9 Å². The van der Waals surface area contributed by atoms with E-state index in [1.54, 1.807) is 42.3 Å². The second-order valence-electron chi connectivity index (χ2n) is 7.50. The van der Waals surface area contributed by atoms with Crippen LogP contribution in [0.3, 0.4) is 0 Å². The van der Waals surface area contributed by atoms with Crippen molar-refractivity contribution in [2.24, 2.45) is 0 Å². The minimum atomic E-state index is -0.587. The lowest BCUT2D eigenvalue weighted by Gasteiger charge is -2.25. The number of halogens is 1. The minimum absolute atomic E-state index is 0.0845. The lowest BCUT2D eigenvalue weighted by molar-refractivity contribution is 0.0971. The molecule has 0 aliphatic carbocycles. The summed E-state index contributed by atoms with van der Waals surface area (Å²) in [7, 11) is 1.59. The number of carbonyl (C=O) groups excluding carboxylic acids is 1. The number of benzene rings is 3. The Morgan fingerprint density at radius 3 is 2.35 bits per heavy atom. The molecule has 154 valence electrons. The van der Waals surface area contributed by atoms with Crippen LogP contribution >= 0.6 is 15.9 Å². The molecule has 1 amide bonds. The van der Waals surface area contributed by atoms with Crippen molar-refractivity contribution in [2.75, 3.05) is 12.0 Å². The van der Waals surface area contributed by atoms with Crippen LogP contribution in [0.2, 0.25) is 0 Å². The molecule has 1 aromatic heterocycles. The summed E-state index contributed by atoms with van der Waals surface area (Å²) in [5, 5.41) is 0.439. The normalized spacial score (nSPS) is 15.4. The molecule has 5 nitrogen and oxygen atoms in total. The summed E-state index contributed by atoms with van der Waals surface area (Å²) in [6, 6.07) is 19.7. The van der Waals surface area contributed by atoms with E-state index in [0.717, 1.165) is 15.6 Å². The van der Waals surface area contributed by atoms with Gasteiger partial charge in [-0.15, -0.1) is 0 Å². The number of rotatable bonds is 3. The van der Waals surface area contributed by atoms with Gasteiger partial charge in [0.15, 0.2) is 5.43 Å². The highest BCUT2D eigenvalue weighted by Gasteiger charge is 2.43. The largest absolute Gasteiger partial charge is 0.497 e. The third kappa shape index (κ3) is 3.15. The summed E-state index contributed by atoms with van der Waals surface area (Å²) >= 11 is 3.42. The van der Waals surface area contributed by atoms with Gasteiger partial charge in [0.1, 0.15) is 11.3 Å². The number of nitrogens with zero attached hydrogens (tertiary/aromatic N) is 1. The van der Waals surface area contributed by atoms with E-state index < -0.39 is 6.04 Å². The molecule has 3 aromatic carbocycles. The molecule has 5 rings (SSSR count). The highest BCUT2D eigenvalue weighted by Crippen LogP contribution is 2.41.